The van der Waals surface area contributed by atoms with Gasteiger partial charge in [0.2, 0.25) is 5.88 Å². The minimum atomic E-state index is -4.01. The SMILES string of the molecule is O=c1[nH]c(O)cn1S(=O)(=O)c1csc2ccccc12. The van der Waals surface area contributed by atoms with Gasteiger partial charge in [0, 0.05) is 15.5 Å². The topological polar surface area (TPSA) is 92.2 Å². The first-order chi connectivity index (χ1) is 9.00. The minimum absolute atomic E-state index is 0.0502. The molecule has 0 aliphatic rings. The van der Waals surface area contributed by atoms with Crippen molar-refractivity contribution in [2.24, 2.45) is 0 Å². The zero-order valence-corrected chi connectivity index (χ0v) is 11.0. The highest BCUT2D eigenvalue weighted by Gasteiger charge is 2.23. The smallest absolute Gasteiger partial charge is 0.342 e. The number of rotatable bonds is 2. The van der Waals surface area contributed by atoms with Crippen LogP contribution < -0.4 is 5.69 Å². The van der Waals surface area contributed by atoms with E-state index in [0.717, 1.165) is 10.9 Å². The molecule has 3 aromatic rings. The Morgan fingerprint density at radius 3 is 2.68 bits per heavy atom. The monoisotopic (exact) mass is 296 g/mol. The number of hydrogen-bond donors (Lipinski definition) is 2. The molecule has 0 saturated carbocycles. The molecule has 0 aliphatic heterocycles. The van der Waals surface area contributed by atoms with Crippen LogP contribution in [0.2, 0.25) is 0 Å². The lowest BCUT2D eigenvalue weighted by Gasteiger charge is -2.02. The maximum absolute atomic E-state index is 12.4. The van der Waals surface area contributed by atoms with Gasteiger partial charge in [-0.25, -0.2) is 13.2 Å². The van der Waals surface area contributed by atoms with Gasteiger partial charge in [0.15, 0.2) is 0 Å². The summed E-state index contributed by atoms with van der Waals surface area (Å²) in [5, 5.41) is 11.2. The third kappa shape index (κ3) is 1.76. The lowest BCUT2D eigenvalue weighted by Crippen LogP contribution is -2.24. The number of nitrogens with zero attached hydrogens (tertiary/aromatic N) is 1. The van der Waals surface area contributed by atoms with Crippen LogP contribution in [-0.2, 0) is 10.0 Å². The van der Waals surface area contributed by atoms with Gasteiger partial charge >= 0.3 is 5.69 Å². The summed E-state index contributed by atoms with van der Waals surface area (Å²) in [6.45, 7) is 0. The Bertz CT molecular complexity index is 917. The van der Waals surface area contributed by atoms with Crippen molar-refractivity contribution in [1.29, 1.82) is 0 Å². The summed E-state index contributed by atoms with van der Waals surface area (Å²) in [6.07, 6.45) is 0.851. The molecule has 0 saturated heterocycles. The zero-order valence-electron chi connectivity index (χ0n) is 9.40. The van der Waals surface area contributed by atoms with Crippen molar-refractivity contribution in [3.63, 3.8) is 0 Å². The Kier molecular flexibility index (Phi) is 2.51. The summed E-state index contributed by atoms with van der Waals surface area (Å²) in [5.41, 5.74) is -0.896. The highest BCUT2D eigenvalue weighted by atomic mass is 32.2. The number of aromatic amines is 1. The van der Waals surface area contributed by atoms with Crippen molar-refractivity contribution in [3.8, 4) is 5.88 Å². The van der Waals surface area contributed by atoms with Crippen LogP contribution in [0, 0.1) is 0 Å². The lowest BCUT2D eigenvalue weighted by molar-refractivity contribution is 0.455. The highest BCUT2D eigenvalue weighted by Crippen LogP contribution is 2.30. The lowest BCUT2D eigenvalue weighted by atomic mass is 10.3. The molecule has 2 heterocycles. The molecule has 0 amide bonds. The van der Waals surface area contributed by atoms with Gasteiger partial charge in [-0.1, -0.05) is 18.2 Å². The number of imidazole rings is 1. The van der Waals surface area contributed by atoms with Crippen LogP contribution in [0.5, 0.6) is 5.88 Å². The second kappa shape index (κ2) is 3.97. The third-order valence-electron chi connectivity index (χ3n) is 2.66. The molecule has 1 aromatic carbocycles. The summed E-state index contributed by atoms with van der Waals surface area (Å²) >= 11 is 1.28. The van der Waals surface area contributed by atoms with Gasteiger partial charge in [0.25, 0.3) is 10.0 Å². The average molecular weight is 296 g/mol. The molecule has 0 aliphatic carbocycles. The van der Waals surface area contributed by atoms with Crippen molar-refractivity contribution in [2.75, 3.05) is 0 Å². The Morgan fingerprint density at radius 2 is 2.00 bits per heavy atom. The van der Waals surface area contributed by atoms with E-state index in [9.17, 15) is 13.2 Å². The second-order valence-electron chi connectivity index (χ2n) is 3.84. The third-order valence-corrected chi connectivity index (χ3v) is 5.45. The van der Waals surface area contributed by atoms with Crippen LogP contribution in [0.15, 0.2) is 45.5 Å². The predicted molar refractivity (Wildman–Crippen MR) is 71.1 cm³/mol. The maximum Gasteiger partial charge on any atom is 0.342 e. The molecule has 6 nitrogen and oxygen atoms in total. The fraction of sp³-hybridized carbons (Fsp3) is 0. The van der Waals surface area contributed by atoms with Crippen LogP contribution in [0.4, 0.5) is 0 Å². The Balaban J connectivity index is 2.32. The summed E-state index contributed by atoms with van der Waals surface area (Å²) in [5.74, 6) is -0.492. The molecule has 0 bridgehead atoms. The van der Waals surface area contributed by atoms with E-state index >= 15 is 0 Å². The van der Waals surface area contributed by atoms with Gasteiger partial charge in [-0.3, -0.25) is 4.98 Å². The molecule has 98 valence electrons. The van der Waals surface area contributed by atoms with Gasteiger partial charge in [-0.15, -0.1) is 11.3 Å². The number of H-pyrrole nitrogens is 1. The van der Waals surface area contributed by atoms with Gasteiger partial charge in [0.05, 0.1) is 6.20 Å². The maximum atomic E-state index is 12.4. The number of fused-ring (bicyclic) bond motifs is 1. The van der Waals surface area contributed by atoms with Crippen molar-refractivity contribution < 1.29 is 13.5 Å². The number of aromatic nitrogens is 2. The van der Waals surface area contributed by atoms with E-state index in [1.807, 2.05) is 11.1 Å². The normalized spacial score (nSPS) is 12.0. The zero-order chi connectivity index (χ0) is 13.6. The van der Waals surface area contributed by atoms with Crippen LogP contribution in [0.25, 0.3) is 10.1 Å². The number of nitrogens with one attached hydrogen (secondary N) is 1. The number of thiophene rings is 1. The standard InChI is InChI=1S/C11H8N2O4S2/c14-10-5-13(11(15)12-10)19(16,17)9-6-18-8-4-2-1-3-7(8)9/h1-6,14H,(H,12,15). The molecule has 19 heavy (non-hydrogen) atoms. The van der Waals surface area contributed by atoms with Crippen molar-refractivity contribution in [1.82, 2.24) is 8.96 Å². The number of aromatic hydroxyl groups is 1. The molecule has 2 aromatic heterocycles. The van der Waals surface area contributed by atoms with Gasteiger partial charge in [-0.05, 0) is 6.07 Å². The molecule has 0 radical (unpaired) electrons. The molecule has 2 N–H and O–H groups in total. The second-order valence-corrected chi connectivity index (χ2v) is 6.54. The quantitative estimate of drug-likeness (QED) is 0.746. The van der Waals surface area contributed by atoms with Gasteiger partial charge < -0.3 is 5.11 Å². The average Bonchev–Trinajstić information content (AvgIpc) is 2.93. The Hall–Kier alpha value is -2.06. The van der Waals surface area contributed by atoms with Crippen molar-refractivity contribution in [3.05, 3.63) is 46.3 Å². The molecular weight excluding hydrogens is 288 g/mol. The molecule has 0 spiro atoms. The van der Waals surface area contributed by atoms with Crippen molar-refractivity contribution >= 4 is 31.4 Å². The van der Waals surface area contributed by atoms with Crippen LogP contribution in [-0.4, -0.2) is 22.5 Å². The summed E-state index contributed by atoms with van der Waals surface area (Å²) in [6, 6.07) is 7.02. The highest BCUT2D eigenvalue weighted by molar-refractivity contribution is 7.90. The number of hydrogen-bond acceptors (Lipinski definition) is 5. The van der Waals surface area contributed by atoms with E-state index in [1.54, 1.807) is 18.2 Å². The predicted octanol–water partition coefficient (Wildman–Crippen LogP) is 1.33. The van der Waals surface area contributed by atoms with Crippen LogP contribution >= 0.6 is 11.3 Å². The molecule has 0 unspecified atom stereocenters. The molecule has 3 rings (SSSR count). The molecule has 8 heteroatoms. The van der Waals surface area contributed by atoms with E-state index < -0.39 is 21.6 Å². The van der Waals surface area contributed by atoms with Gasteiger partial charge in [-0.2, -0.15) is 3.97 Å². The van der Waals surface area contributed by atoms with Crippen LogP contribution in [0.1, 0.15) is 0 Å². The molecule has 0 atom stereocenters. The first kappa shape index (κ1) is 12.0. The Labute approximate surface area is 111 Å². The molecular formula is C11H8N2O4S2. The van der Waals surface area contributed by atoms with Gasteiger partial charge in [0.1, 0.15) is 4.90 Å². The van der Waals surface area contributed by atoms with E-state index in [0.29, 0.717) is 9.36 Å². The van der Waals surface area contributed by atoms with Crippen molar-refractivity contribution in [2.45, 2.75) is 4.90 Å². The molecule has 0 fully saturated rings. The van der Waals surface area contributed by atoms with Crippen LogP contribution in [0.3, 0.4) is 0 Å². The van der Waals surface area contributed by atoms with E-state index in [1.165, 1.54) is 16.7 Å². The number of benzene rings is 1. The first-order valence-electron chi connectivity index (χ1n) is 5.22. The summed E-state index contributed by atoms with van der Waals surface area (Å²) in [4.78, 5) is 13.6. The minimum Gasteiger partial charge on any atom is -0.493 e. The first-order valence-corrected chi connectivity index (χ1v) is 7.54. The fourth-order valence-corrected chi connectivity index (χ4v) is 4.49. The van der Waals surface area contributed by atoms with E-state index in [2.05, 4.69) is 0 Å². The van der Waals surface area contributed by atoms with E-state index in [-0.39, 0.29) is 4.90 Å². The largest absolute Gasteiger partial charge is 0.493 e. The summed E-state index contributed by atoms with van der Waals surface area (Å²) in [7, 11) is -4.01. The van der Waals surface area contributed by atoms with E-state index in [4.69, 9.17) is 5.11 Å². The summed E-state index contributed by atoms with van der Waals surface area (Å²) < 4.78 is 26.1. The Morgan fingerprint density at radius 1 is 1.26 bits per heavy atom. The fourth-order valence-electron chi connectivity index (χ4n) is 1.80.